The summed E-state index contributed by atoms with van der Waals surface area (Å²) in [5.41, 5.74) is 5.02. The van der Waals surface area contributed by atoms with Crippen molar-refractivity contribution in [3.8, 4) is 33.8 Å². The molecule has 0 atom stereocenters. The van der Waals surface area contributed by atoms with Crippen molar-refractivity contribution in [3.63, 3.8) is 0 Å². The number of benzene rings is 3. The average Bonchev–Trinajstić information content (AvgIpc) is 2.62. The zero-order valence-corrected chi connectivity index (χ0v) is 17.7. The maximum absolute atomic E-state index is 5.27. The fourth-order valence-electron chi connectivity index (χ4n) is 2.66. The molecule has 0 bridgehead atoms. The van der Waals surface area contributed by atoms with Crippen LogP contribution in [0.2, 0.25) is 0 Å². The molecule has 23 heavy (non-hydrogen) atoms. The molecule has 0 radical (unpaired) electrons. The van der Waals surface area contributed by atoms with Crippen LogP contribution in [0.3, 0.4) is 0 Å². The molecule has 116 valence electrons. The van der Waals surface area contributed by atoms with Gasteiger partial charge in [-0.15, -0.1) is 0 Å². The van der Waals surface area contributed by atoms with E-state index in [1.54, 1.807) is 14.2 Å². The van der Waals surface area contributed by atoms with Crippen LogP contribution >= 0.6 is 0 Å². The predicted molar refractivity (Wildman–Crippen MR) is 98.6 cm³/mol. The van der Waals surface area contributed by atoms with E-state index in [4.69, 9.17) is 9.47 Å². The topological polar surface area (TPSA) is 18.5 Å². The van der Waals surface area contributed by atoms with Gasteiger partial charge < -0.3 is 0 Å². The molecule has 0 heterocycles. The number of hydrogen-bond donors (Lipinski definition) is 0. The van der Waals surface area contributed by atoms with Crippen LogP contribution in [0, 0.1) is 0 Å². The van der Waals surface area contributed by atoms with Gasteiger partial charge in [-0.25, -0.2) is 0 Å². The van der Waals surface area contributed by atoms with E-state index in [1.165, 1.54) is 25.5 Å². The third kappa shape index (κ3) is 3.40. The molecule has 0 aliphatic carbocycles. The number of hydrogen-bond acceptors (Lipinski definition) is 2. The third-order valence-corrected chi connectivity index (χ3v) is 5.75. The second kappa shape index (κ2) is 7.14. The standard InChI is InChI=1S/C20H17O2.Bi.2H/c1-21-17-11-7-15(8-12-17)19-5-3-4-6-20(19)16-9-13-18(22-2)14-10-16;;;/h3-5,7-14H,1-2H3;;;. The molecular formula is C20H19BiO2. The van der Waals surface area contributed by atoms with E-state index in [1.807, 2.05) is 24.3 Å². The molecule has 3 rings (SSSR count). The van der Waals surface area contributed by atoms with Crippen LogP contribution in [-0.4, -0.2) is 38.9 Å². The number of ether oxygens (including phenoxy) is 2. The van der Waals surface area contributed by atoms with Crippen molar-refractivity contribution in [2.45, 2.75) is 0 Å². The normalized spacial score (nSPS) is 10.4. The van der Waals surface area contributed by atoms with E-state index < -0.39 is 0 Å². The molecule has 2 nitrogen and oxygen atoms in total. The fraction of sp³-hybridized carbons (Fsp3) is 0.100. The first kappa shape index (κ1) is 16.0. The summed E-state index contributed by atoms with van der Waals surface area (Å²) < 4.78 is 12.0. The summed E-state index contributed by atoms with van der Waals surface area (Å²) in [7, 11) is 3.39. The minimum absolute atomic E-state index is 0.773. The molecular weight excluding hydrogens is 481 g/mol. The fourth-order valence-corrected chi connectivity index (χ4v) is 4.35. The zero-order chi connectivity index (χ0) is 16.2. The molecule has 0 N–H and O–H groups in total. The van der Waals surface area contributed by atoms with Crippen LogP contribution in [0.1, 0.15) is 0 Å². The monoisotopic (exact) mass is 500 g/mol. The second-order valence-corrected chi connectivity index (χ2v) is 7.64. The van der Waals surface area contributed by atoms with Gasteiger partial charge in [-0.1, -0.05) is 0 Å². The van der Waals surface area contributed by atoms with Crippen LogP contribution in [0.15, 0.2) is 66.7 Å². The van der Waals surface area contributed by atoms with Gasteiger partial charge in [0.15, 0.2) is 0 Å². The summed E-state index contributed by atoms with van der Waals surface area (Å²) >= 11 is 0.773. The van der Waals surface area contributed by atoms with Crippen LogP contribution < -0.4 is 12.7 Å². The molecule has 3 aromatic rings. The molecule has 0 spiro atoms. The first-order chi connectivity index (χ1) is 11.2. The predicted octanol–water partition coefficient (Wildman–Crippen LogP) is 3.30. The Bertz CT molecular complexity index is 793. The van der Waals surface area contributed by atoms with Crippen molar-refractivity contribution in [2.24, 2.45) is 0 Å². The minimum atomic E-state index is 0.773. The molecule has 0 aromatic heterocycles. The van der Waals surface area contributed by atoms with E-state index >= 15 is 0 Å². The number of rotatable bonds is 4. The van der Waals surface area contributed by atoms with Crippen molar-refractivity contribution in [1.29, 1.82) is 0 Å². The van der Waals surface area contributed by atoms with E-state index in [2.05, 4.69) is 42.5 Å². The Morgan fingerprint density at radius 3 is 1.70 bits per heavy atom. The molecule has 0 unspecified atom stereocenters. The Hall–Kier alpha value is -1.86. The van der Waals surface area contributed by atoms with Gasteiger partial charge in [-0.3, -0.25) is 0 Å². The van der Waals surface area contributed by atoms with E-state index in [-0.39, 0.29) is 0 Å². The van der Waals surface area contributed by atoms with E-state index in [9.17, 15) is 0 Å². The summed E-state index contributed by atoms with van der Waals surface area (Å²) in [5.74, 6) is 1.76. The van der Waals surface area contributed by atoms with Crippen LogP contribution in [0.5, 0.6) is 11.5 Å². The Labute approximate surface area is 151 Å². The zero-order valence-electron chi connectivity index (χ0n) is 13.2. The maximum atomic E-state index is 5.27. The van der Waals surface area contributed by atoms with Gasteiger partial charge in [0.1, 0.15) is 0 Å². The summed E-state index contributed by atoms with van der Waals surface area (Å²) in [6.45, 7) is 0. The summed E-state index contributed by atoms with van der Waals surface area (Å²) in [5, 5.41) is 0. The Morgan fingerprint density at radius 2 is 1.17 bits per heavy atom. The van der Waals surface area contributed by atoms with E-state index in [0.29, 0.717) is 0 Å². The van der Waals surface area contributed by atoms with Crippen molar-refractivity contribution in [2.75, 3.05) is 14.2 Å². The van der Waals surface area contributed by atoms with Crippen LogP contribution in [0.4, 0.5) is 0 Å². The average molecular weight is 500 g/mol. The van der Waals surface area contributed by atoms with Gasteiger partial charge >= 0.3 is 152 Å². The summed E-state index contributed by atoms with van der Waals surface area (Å²) in [4.78, 5) is 0. The van der Waals surface area contributed by atoms with Crippen molar-refractivity contribution in [1.82, 2.24) is 0 Å². The van der Waals surface area contributed by atoms with Crippen LogP contribution in [0.25, 0.3) is 22.3 Å². The molecule has 0 amide bonds. The van der Waals surface area contributed by atoms with Crippen molar-refractivity contribution in [3.05, 3.63) is 66.7 Å². The van der Waals surface area contributed by atoms with Gasteiger partial charge in [-0.05, 0) is 0 Å². The Balaban J connectivity index is 2.11. The Morgan fingerprint density at radius 1 is 0.652 bits per heavy atom. The summed E-state index contributed by atoms with van der Waals surface area (Å²) in [6, 6.07) is 23.1. The van der Waals surface area contributed by atoms with Gasteiger partial charge in [0.05, 0.1) is 0 Å². The molecule has 3 heteroatoms. The molecule has 3 aromatic carbocycles. The third-order valence-electron chi connectivity index (χ3n) is 3.88. The van der Waals surface area contributed by atoms with Gasteiger partial charge in [0, 0.05) is 0 Å². The van der Waals surface area contributed by atoms with Crippen LogP contribution in [-0.2, 0) is 0 Å². The SMILES string of the molecule is COc1ccc(-c2ccc[c]([BiH2])c2-c2ccc(OC)cc2)cc1. The molecule has 0 aliphatic rings. The van der Waals surface area contributed by atoms with Crippen molar-refractivity contribution < 1.29 is 9.47 Å². The van der Waals surface area contributed by atoms with Gasteiger partial charge in [-0.2, -0.15) is 0 Å². The Kier molecular flexibility index (Phi) is 4.98. The van der Waals surface area contributed by atoms with Gasteiger partial charge in [0.25, 0.3) is 0 Å². The second-order valence-electron chi connectivity index (χ2n) is 5.23. The summed E-state index contributed by atoms with van der Waals surface area (Å²) in [6.07, 6.45) is 0. The van der Waals surface area contributed by atoms with E-state index in [0.717, 1.165) is 36.2 Å². The van der Waals surface area contributed by atoms with Gasteiger partial charge in [0.2, 0.25) is 0 Å². The molecule has 0 saturated heterocycles. The quantitative estimate of drug-likeness (QED) is 0.513. The number of methoxy groups -OCH3 is 2. The molecule has 0 fully saturated rings. The molecule has 0 aliphatic heterocycles. The first-order valence-corrected chi connectivity index (χ1v) is 9.64. The van der Waals surface area contributed by atoms with Crippen molar-refractivity contribution >= 4 is 28.0 Å². The molecule has 0 saturated carbocycles. The first-order valence-electron chi connectivity index (χ1n) is 7.40.